The van der Waals surface area contributed by atoms with Gasteiger partial charge in [0, 0.05) is 11.7 Å². The molecule has 1 fully saturated rings. The first kappa shape index (κ1) is 14.8. The van der Waals surface area contributed by atoms with Crippen LogP contribution < -0.4 is 10.6 Å². The summed E-state index contributed by atoms with van der Waals surface area (Å²) >= 11 is 5.32. The molecule has 0 saturated heterocycles. The number of thiocarbonyl (C=S) groups is 1. The Kier molecular flexibility index (Phi) is 5.35. The Hall–Kier alpha value is -1.62. The first-order chi connectivity index (χ1) is 9.69. The van der Waals surface area contributed by atoms with Crippen molar-refractivity contribution in [2.75, 3.05) is 12.4 Å². The van der Waals surface area contributed by atoms with E-state index in [2.05, 4.69) is 10.6 Å². The van der Waals surface area contributed by atoms with Crippen LogP contribution in [0.5, 0.6) is 0 Å². The summed E-state index contributed by atoms with van der Waals surface area (Å²) in [6.07, 6.45) is 6.18. The molecule has 0 atom stereocenters. The van der Waals surface area contributed by atoms with Gasteiger partial charge in [0.2, 0.25) is 0 Å². The van der Waals surface area contributed by atoms with Crippen molar-refractivity contribution >= 4 is 29.0 Å². The Morgan fingerprint density at radius 2 is 2.05 bits per heavy atom. The molecule has 2 N–H and O–H groups in total. The normalized spacial score (nSPS) is 15.4. The van der Waals surface area contributed by atoms with Crippen LogP contribution in [-0.4, -0.2) is 24.2 Å². The largest absolute Gasteiger partial charge is 0.465 e. The van der Waals surface area contributed by atoms with Crippen LogP contribution in [0.25, 0.3) is 0 Å². The number of methoxy groups -OCH3 is 1. The van der Waals surface area contributed by atoms with E-state index in [4.69, 9.17) is 17.0 Å². The first-order valence-corrected chi connectivity index (χ1v) is 7.36. The average Bonchev–Trinajstić information content (AvgIpc) is 2.47. The Balaban J connectivity index is 1.91. The van der Waals surface area contributed by atoms with Gasteiger partial charge in [0.25, 0.3) is 0 Å². The SMILES string of the molecule is COC(=O)c1cccc(NC(=S)NC2CCCCC2)c1. The molecule has 0 unspecified atom stereocenters. The van der Waals surface area contributed by atoms with Crippen LogP contribution in [0.3, 0.4) is 0 Å². The molecular formula is C15H20N2O2S. The van der Waals surface area contributed by atoms with Gasteiger partial charge >= 0.3 is 5.97 Å². The van der Waals surface area contributed by atoms with Crippen molar-refractivity contribution in [2.45, 2.75) is 38.1 Å². The summed E-state index contributed by atoms with van der Waals surface area (Å²) in [5.41, 5.74) is 1.30. The maximum absolute atomic E-state index is 11.5. The second kappa shape index (κ2) is 7.24. The lowest BCUT2D eigenvalue weighted by atomic mass is 9.96. The second-order valence-electron chi connectivity index (χ2n) is 5.01. The van der Waals surface area contributed by atoms with Crippen molar-refractivity contribution in [2.24, 2.45) is 0 Å². The van der Waals surface area contributed by atoms with Gasteiger partial charge in [0.15, 0.2) is 5.11 Å². The Morgan fingerprint density at radius 1 is 1.30 bits per heavy atom. The highest BCUT2D eigenvalue weighted by atomic mass is 32.1. The summed E-state index contributed by atoms with van der Waals surface area (Å²) in [5, 5.41) is 7.07. The van der Waals surface area contributed by atoms with E-state index in [0.717, 1.165) is 5.69 Å². The zero-order valence-corrected chi connectivity index (χ0v) is 12.5. The number of benzene rings is 1. The highest BCUT2D eigenvalue weighted by molar-refractivity contribution is 7.80. The summed E-state index contributed by atoms with van der Waals surface area (Å²) in [7, 11) is 1.37. The van der Waals surface area contributed by atoms with Crippen LogP contribution >= 0.6 is 12.2 Å². The van der Waals surface area contributed by atoms with Gasteiger partial charge in [-0.3, -0.25) is 0 Å². The van der Waals surface area contributed by atoms with E-state index in [-0.39, 0.29) is 5.97 Å². The van der Waals surface area contributed by atoms with E-state index in [1.165, 1.54) is 39.2 Å². The number of hydrogen-bond donors (Lipinski definition) is 2. The Morgan fingerprint density at radius 3 is 2.75 bits per heavy atom. The molecule has 1 saturated carbocycles. The lowest BCUT2D eigenvalue weighted by Crippen LogP contribution is -2.38. The molecule has 4 nitrogen and oxygen atoms in total. The minimum atomic E-state index is -0.347. The number of carbonyl (C=O) groups excluding carboxylic acids is 1. The molecule has 1 aromatic rings. The zero-order chi connectivity index (χ0) is 14.4. The van der Waals surface area contributed by atoms with Gasteiger partial charge in [-0.2, -0.15) is 0 Å². The van der Waals surface area contributed by atoms with Crippen molar-refractivity contribution < 1.29 is 9.53 Å². The fourth-order valence-corrected chi connectivity index (χ4v) is 2.73. The molecule has 0 aromatic heterocycles. The molecule has 5 heteroatoms. The minimum Gasteiger partial charge on any atom is -0.465 e. The quantitative estimate of drug-likeness (QED) is 0.662. The van der Waals surface area contributed by atoms with Crippen molar-refractivity contribution in [3.63, 3.8) is 0 Å². The molecule has 0 spiro atoms. The third-order valence-corrected chi connectivity index (χ3v) is 3.70. The number of carbonyl (C=O) groups is 1. The second-order valence-corrected chi connectivity index (χ2v) is 5.41. The maximum atomic E-state index is 11.5. The zero-order valence-electron chi connectivity index (χ0n) is 11.6. The van der Waals surface area contributed by atoms with E-state index in [1.54, 1.807) is 18.2 Å². The smallest absolute Gasteiger partial charge is 0.337 e. The van der Waals surface area contributed by atoms with Crippen LogP contribution in [-0.2, 0) is 4.74 Å². The third kappa shape index (κ3) is 4.20. The van der Waals surface area contributed by atoms with Gasteiger partial charge in [-0.15, -0.1) is 0 Å². The molecule has 20 heavy (non-hydrogen) atoms. The lowest BCUT2D eigenvalue weighted by Gasteiger charge is -2.24. The van der Waals surface area contributed by atoms with Crippen molar-refractivity contribution in [1.82, 2.24) is 5.32 Å². The Labute approximate surface area is 124 Å². The highest BCUT2D eigenvalue weighted by Crippen LogP contribution is 2.18. The van der Waals surface area contributed by atoms with E-state index in [0.29, 0.717) is 16.7 Å². The van der Waals surface area contributed by atoms with Gasteiger partial charge in [-0.25, -0.2) is 4.79 Å². The monoisotopic (exact) mass is 292 g/mol. The molecule has 1 aliphatic rings. The molecule has 2 rings (SSSR count). The first-order valence-electron chi connectivity index (χ1n) is 6.95. The fourth-order valence-electron chi connectivity index (χ4n) is 2.44. The summed E-state index contributed by atoms with van der Waals surface area (Å²) in [4.78, 5) is 11.5. The van der Waals surface area contributed by atoms with Crippen LogP contribution in [0.15, 0.2) is 24.3 Å². The summed E-state index contributed by atoms with van der Waals surface area (Å²) < 4.78 is 4.70. The molecule has 0 bridgehead atoms. The summed E-state index contributed by atoms with van der Waals surface area (Å²) in [6, 6.07) is 7.60. The van der Waals surface area contributed by atoms with Gasteiger partial charge < -0.3 is 15.4 Å². The van der Waals surface area contributed by atoms with E-state index in [9.17, 15) is 4.79 Å². The molecule has 0 radical (unpaired) electrons. The Bertz CT molecular complexity index is 485. The van der Waals surface area contributed by atoms with E-state index >= 15 is 0 Å². The van der Waals surface area contributed by atoms with Crippen LogP contribution in [0.1, 0.15) is 42.5 Å². The third-order valence-electron chi connectivity index (χ3n) is 3.48. The molecule has 0 aliphatic heterocycles. The van der Waals surface area contributed by atoms with E-state index < -0.39 is 0 Å². The molecule has 108 valence electrons. The standard InChI is InChI=1S/C15H20N2O2S/c1-19-14(18)11-6-5-9-13(10-11)17-15(20)16-12-7-3-2-4-8-12/h5-6,9-10,12H,2-4,7-8H2,1H3,(H2,16,17,20). The number of rotatable bonds is 3. The number of nitrogens with one attached hydrogen (secondary N) is 2. The van der Waals surface area contributed by atoms with Gasteiger partial charge in [0.1, 0.15) is 0 Å². The molecular weight excluding hydrogens is 272 g/mol. The molecule has 1 aliphatic carbocycles. The average molecular weight is 292 g/mol. The maximum Gasteiger partial charge on any atom is 0.337 e. The number of hydrogen-bond acceptors (Lipinski definition) is 3. The van der Waals surface area contributed by atoms with Gasteiger partial charge in [0.05, 0.1) is 12.7 Å². The van der Waals surface area contributed by atoms with Crippen molar-refractivity contribution in [3.05, 3.63) is 29.8 Å². The molecule has 0 heterocycles. The number of esters is 1. The predicted molar refractivity (Wildman–Crippen MR) is 84.0 cm³/mol. The van der Waals surface area contributed by atoms with E-state index in [1.807, 2.05) is 6.07 Å². The van der Waals surface area contributed by atoms with Gasteiger partial charge in [-0.1, -0.05) is 25.3 Å². The fraction of sp³-hybridized carbons (Fsp3) is 0.467. The molecule has 1 aromatic carbocycles. The topological polar surface area (TPSA) is 50.4 Å². The number of ether oxygens (including phenoxy) is 1. The lowest BCUT2D eigenvalue weighted by molar-refractivity contribution is 0.0601. The summed E-state index contributed by atoms with van der Waals surface area (Å²) in [5.74, 6) is -0.347. The van der Waals surface area contributed by atoms with Gasteiger partial charge in [-0.05, 0) is 43.3 Å². The minimum absolute atomic E-state index is 0.347. The predicted octanol–water partition coefficient (Wildman–Crippen LogP) is 3.09. The highest BCUT2D eigenvalue weighted by Gasteiger charge is 2.14. The van der Waals surface area contributed by atoms with Crippen molar-refractivity contribution in [1.29, 1.82) is 0 Å². The van der Waals surface area contributed by atoms with Crippen molar-refractivity contribution in [3.8, 4) is 0 Å². The van der Waals surface area contributed by atoms with Crippen LogP contribution in [0.2, 0.25) is 0 Å². The van der Waals surface area contributed by atoms with Crippen LogP contribution in [0, 0.1) is 0 Å². The van der Waals surface area contributed by atoms with Crippen LogP contribution in [0.4, 0.5) is 5.69 Å². The molecule has 0 amide bonds. The summed E-state index contributed by atoms with van der Waals surface area (Å²) in [6.45, 7) is 0. The number of anilines is 1.